The van der Waals surface area contributed by atoms with Crippen molar-refractivity contribution in [2.24, 2.45) is 0 Å². The molecule has 4 N–H and O–H groups in total. The van der Waals surface area contributed by atoms with Crippen LogP contribution in [0.25, 0.3) is 11.4 Å². The predicted molar refractivity (Wildman–Crippen MR) is 211 cm³/mol. The number of aromatic hydroxyl groups is 2. The first kappa shape index (κ1) is 40.8. The molecule has 0 radical (unpaired) electrons. The summed E-state index contributed by atoms with van der Waals surface area (Å²) in [7, 11) is 1.33. The summed E-state index contributed by atoms with van der Waals surface area (Å²) in [6, 6.07) is 17.2. The molecule has 19 heteroatoms. The van der Waals surface area contributed by atoms with Crippen LogP contribution in [0, 0.1) is 0 Å². The number of nitrogens with zero attached hydrogens (tertiary/aromatic N) is 6. The lowest BCUT2D eigenvalue weighted by Gasteiger charge is -2.31. The molecule has 0 spiro atoms. The van der Waals surface area contributed by atoms with Crippen LogP contribution in [0.4, 0.5) is 13.2 Å². The molecule has 14 nitrogen and oxygen atoms in total. The first-order valence-electron chi connectivity index (χ1n) is 18.1. The number of benzene rings is 3. The van der Waals surface area contributed by atoms with E-state index in [4.69, 9.17) is 11.6 Å². The zero-order chi connectivity index (χ0) is 42.1. The zero-order valence-electron chi connectivity index (χ0n) is 31.0. The summed E-state index contributed by atoms with van der Waals surface area (Å²) >= 11 is 7.54. The van der Waals surface area contributed by atoms with Gasteiger partial charge in [-0.25, -0.2) is 9.36 Å². The van der Waals surface area contributed by atoms with Crippen molar-refractivity contribution in [1.29, 1.82) is 0 Å². The van der Waals surface area contributed by atoms with E-state index < -0.39 is 62.7 Å². The lowest BCUT2D eigenvalue weighted by atomic mass is 9.78. The molecular weight excluding hydrogens is 813 g/mol. The van der Waals surface area contributed by atoms with Crippen LogP contribution in [0.1, 0.15) is 63.4 Å². The number of carbonyl (C=O) groups is 2. The number of alkyl halides is 3. The SMILES string of the molecule is CNC(=O)c1nn(-c2ccc(-n3cc(CNC(=O)c4nn(CC5(c6cccc(C(F)(F)F)c6)CCCC5)cc(O)c4=O)cn3)cc2Sc2cccc(Cl)c2)cc(O)c1=O. The minimum absolute atomic E-state index is 0.0283. The molecular formula is C40H34ClF3N8O6S. The van der Waals surface area contributed by atoms with Gasteiger partial charge in [0.05, 0.1) is 42.1 Å². The van der Waals surface area contributed by atoms with Crippen molar-refractivity contribution in [3.8, 4) is 22.9 Å². The first-order valence-corrected chi connectivity index (χ1v) is 19.3. The molecule has 1 aliphatic carbocycles. The van der Waals surface area contributed by atoms with Crippen molar-refractivity contribution in [3.05, 3.63) is 145 Å². The third kappa shape index (κ3) is 8.73. The van der Waals surface area contributed by atoms with E-state index in [1.165, 1.54) is 45.1 Å². The highest BCUT2D eigenvalue weighted by atomic mass is 35.5. The summed E-state index contributed by atoms with van der Waals surface area (Å²) in [4.78, 5) is 52.5. The van der Waals surface area contributed by atoms with Gasteiger partial charge in [-0.3, -0.25) is 23.9 Å². The predicted octanol–water partition coefficient (Wildman–Crippen LogP) is 6.01. The lowest BCUT2D eigenvalue weighted by molar-refractivity contribution is -0.137. The molecule has 2 amide bonds. The van der Waals surface area contributed by atoms with Crippen molar-refractivity contribution in [3.63, 3.8) is 0 Å². The fraction of sp³-hybridized carbons (Fsp3) is 0.225. The molecule has 7 rings (SSSR count). The van der Waals surface area contributed by atoms with Crippen molar-refractivity contribution in [2.75, 3.05) is 7.05 Å². The number of hydrogen-bond acceptors (Lipinski definition) is 10. The topological polar surface area (TPSA) is 186 Å². The first-order chi connectivity index (χ1) is 28.1. The van der Waals surface area contributed by atoms with Gasteiger partial charge in [0, 0.05) is 45.6 Å². The Morgan fingerprint density at radius 1 is 0.881 bits per heavy atom. The number of hydrogen-bond donors (Lipinski definition) is 4. The Balaban J connectivity index is 1.13. The average molecular weight is 847 g/mol. The van der Waals surface area contributed by atoms with Crippen molar-refractivity contribution < 1.29 is 33.0 Å². The van der Waals surface area contributed by atoms with Gasteiger partial charge in [-0.05, 0) is 60.9 Å². The van der Waals surface area contributed by atoms with Gasteiger partial charge in [-0.15, -0.1) is 0 Å². The second-order valence-electron chi connectivity index (χ2n) is 13.9. The highest BCUT2D eigenvalue weighted by Gasteiger charge is 2.39. The van der Waals surface area contributed by atoms with Crippen LogP contribution in [-0.4, -0.2) is 58.4 Å². The van der Waals surface area contributed by atoms with Crippen LogP contribution < -0.4 is 21.5 Å². The van der Waals surface area contributed by atoms with Crippen molar-refractivity contribution >= 4 is 35.2 Å². The van der Waals surface area contributed by atoms with E-state index in [2.05, 4.69) is 25.9 Å². The third-order valence-electron chi connectivity index (χ3n) is 9.90. The van der Waals surface area contributed by atoms with E-state index in [0.717, 1.165) is 42.3 Å². The fourth-order valence-corrected chi connectivity index (χ4v) is 8.27. The Morgan fingerprint density at radius 3 is 2.31 bits per heavy atom. The molecule has 3 aromatic carbocycles. The molecule has 3 heterocycles. The second-order valence-corrected chi connectivity index (χ2v) is 15.4. The van der Waals surface area contributed by atoms with Crippen molar-refractivity contribution in [2.45, 2.75) is 60.2 Å². The van der Waals surface area contributed by atoms with E-state index in [1.54, 1.807) is 48.7 Å². The lowest BCUT2D eigenvalue weighted by Crippen LogP contribution is -2.34. The van der Waals surface area contributed by atoms with Gasteiger partial charge in [0.15, 0.2) is 22.9 Å². The fourth-order valence-electron chi connectivity index (χ4n) is 6.98. The number of amides is 2. The number of carbonyl (C=O) groups excluding carboxylic acids is 2. The minimum atomic E-state index is -4.54. The normalized spacial score (nSPS) is 13.6. The van der Waals surface area contributed by atoms with Gasteiger partial charge in [0.1, 0.15) is 0 Å². The Kier molecular flexibility index (Phi) is 11.4. The molecule has 0 aliphatic heterocycles. The molecule has 0 unspecified atom stereocenters. The average Bonchev–Trinajstić information content (AvgIpc) is 3.90. The Morgan fingerprint density at radius 2 is 1.59 bits per heavy atom. The Bertz CT molecular complexity index is 2710. The standard InChI is InChI=1S/C40H34ClF3N8O6S/c1-45-37(57)33-36(56)31(54)21-52(49-33)29-11-10-27(16-32(29)59-28-9-5-8-26(41)15-28)51-19-23(18-47-51)17-46-38(58)34-35(55)30(53)20-50(48-34)22-39(12-2-3-13-39)24-6-4-7-25(14-24)40(42,43)44/h4-11,14-16,18-21,53-54H,2-3,12-13,17,22H2,1H3,(H,45,57)(H,46,58). The number of nitrogens with one attached hydrogen (secondary N) is 2. The van der Waals surface area contributed by atoms with E-state index in [-0.39, 0.29) is 13.1 Å². The summed E-state index contributed by atoms with van der Waals surface area (Å²) in [5.41, 5.74) is -2.67. The van der Waals surface area contributed by atoms with Crippen LogP contribution in [0.5, 0.6) is 11.5 Å². The van der Waals surface area contributed by atoms with Gasteiger partial charge < -0.3 is 20.8 Å². The maximum absolute atomic E-state index is 13.6. The summed E-state index contributed by atoms with van der Waals surface area (Å²) in [6.45, 7) is -0.0741. The minimum Gasteiger partial charge on any atom is -0.503 e. The van der Waals surface area contributed by atoms with Gasteiger partial charge in [-0.1, -0.05) is 60.5 Å². The van der Waals surface area contributed by atoms with Gasteiger partial charge in [0.25, 0.3) is 22.7 Å². The van der Waals surface area contributed by atoms with Crippen LogP contribution in [0.2, 0.25) is 5.02 Å². The molecule has 59 heavy (non-hydrogen) atoms. The van der Waals surface area contributed by atoms with Gasteiger partial charge in [-0.2, -0.15) is 28.5 Å². The molecule has 3 aromatic heterocycles. The molecule has 304 valence electrons. The second kappa shape index (κ2) is 16.5. The molecule has 0 saturated heterocycles. The van der Waals surface area contributed by atoms with Crippen LogP contribution in [0.15, 0.2) is 111 Å². The molecule has 1 fully saturated rings. The molecule has 1 saturated carbocycles. The van der Waals surface area contributed by atoms with E-state index >= 15 is 0 Å². The molecule has 6 aromatic rings. The molecule has 0 atom stereocenters. The quantitative estimate of drug-likeness (QED) is 0.120. The maximum Gasteiger partial charge on any atom is 0.416 e. The summed E-state index contributed by atoms with van der Waals surface area (Å²) in [6.07, 6.45) is 3.36. The van der Waals surface area contributed by atoms with Gasteiger partial charge >= 0.3 is 6.18 Å². The van der Waals surface area contributed by atoms with Crippen LogP contribution in [0.3, 0.4) is 0 Å². The van der Waals surface area contributed by atoms with Gasteiger partial charge in [0.2, 0.25) is 0 Å². The van der Waals surface area contributed by atoms with Crippen LogP contribution in [-0.2, 0) is 24.7 Å². The number of rotatable bonds is 11. The summed E-state index contributed by atoms with van der Waals surface area (Å²) in [5, 5.41) is 39.2. The molecule has 0 bridgehead atoms. The highest BCUT2D eigenvalue weighted by molar-refractivity contribution is 7.99. The largest absolute Gasteiger partial charge is 0.503 e. The Labute approximate surface area is 342 Å². The number of aromatic nitrogens is 6. The number of halogens is 4. The Hall–Kier alpha value is -6.40. The summed E-state index contributed by atoms with van der Waals surface area (Å²) in [5.74, 6) is -3.09. The molecule has 1 aliphatic rings. The summed E-state index contributed by atoms with van der Waals surface area (Å²) < 4.78 is 44.8. The van der Waals surface area contributed by atoms with E-state index in [0.29, 0.717) is 45.3 Å². The van der Waals surface area contributed by atoms with Crippen LogP contribution >= 0.6 is 23.4 Å². The smallest absolute Gasteiger partial charge is 0.416 e. The van der Waals surface area contributed by atoms with E-state index in [1.807, 2.05) is 6.07 Å². The third-order valence-corrected chi connectivity index (χ3v) is 11.2. The van der Waals surface area contributed by atoms with Crippen molar-refractivity contribution in [1.82, 2.24) is 40.0 Å². The zero-order valence-corrected chi connectivity index (χ0v) is 32.6. The monoisotopic (exact) mass is 846 g/mol. The van der Waals surface area contributed by atoms with E-state index in [9.17, 15) is 42.6 Å². The maximum atomic E-state index is 13.6. The highest BCUT2D eigenvalue weighted by Crippen LogP contribution is 2.44.